The lowest BCUT2D eigenvalue weighted by Crippen LogP contribution is -2.21. The van der Waals surface area contributed by atoms with Crippen molar-refractivity contribution in [3.63, 3.8) is 0 Å². The van der Waals surface area contributed by atoms with E-state index in [9.17, 15) is 8.42 Å². The second-order valence-electron chi connectivity index (χ2n) is 4.87. The van der Waals surface area contributed by atoms with Gasteiger partial charge in [0.2, 0.25) is 0 Å². The maximum atomic E-state index is 11.9. The van der Waals surface area contributed by atoms with Gasteiger partial charge in [-0.3, -0.25) is 0 Å². The highest BCUT2D eigenvalue weighted by Crippen LogP contribution is 2.20. The third kappa shape index (κ3) is 3.60. The normalized spacial score (nSPS) is 12.0. The Balaban J connectivity index is 2.22. The number of aromatic nitrogens is 2. The smallest absolute Gasteiger partial charge is 0.154 e. The van der Waals surface area contributed by atoms with Gasteiger partial charge >= 0.3 is 0 Å². The summed E-state index contributed by atoms with van der Waals surface area (Å²) in [4.78, 5) is 4.34. The maximum absolute atomic E-state index is 11.9. The van der Waals surface area contributed by atoms with Crippen molar-refractivity contribution in [2.24, 2.45) is 0 Å². The van der Waals surface area contributed by atoms with Crippen molar-refractivity contribution < 1.29 is 8.42 Å². The minimum Gasteiger partial charge on any atom is -0.330 e. The molecular weight excluding hydrogens is 387 g/mol. The van der Waals surface area contributed by atoms with E-state index in [-0.39, 0.29) is 11.0 Å². The SMILES string of the molecule is CC(C)S(=O)(=O)CCn1ccnc1-c1cccc(I)c1. The van der Waals surface area contributed by atoms with Crippen molar-refractivity contribution in [1.82, 2.24) is 9.55 Å². The van der Waals surface area contributed by atoms with Crippen molar-refractivity contribution in [2.75, 3.05) is 5.75 Å². The van der Waals surface area contributed by atoms with Gasteiger partial charge in [-0.25, -0.2) is 13.4 Å². The van der Waals surface area contributed by atoms with Gasteiger partial charge in [0.1, 0.15) is 5.82 Å². The summed E-state index contributed by atoms with van der Waals surface area (Å²) in [7, 11) is -3.03. The maximum Gasteiger partial charge on any atom is 0.154 e. The fourth-order valence-corrected chi connectivity index (χ4v) is 3.30. The molecule has 0 fully saturated rings. The average Bonchev–Trinajstić information content (AvgIpc) is 2.84. The molecule has 0 bridgehead atoms. The molecule has 0 aliphatic heterocycles. The zero-order valence-electron chi connectivity index (χ0n) is 11.5. The molecule has 2 rings (SSSR count). The number of hydrogen-bond acceptors (Lipinski definition) is 3. The van der Waals surface area contributed by atoms with Crippen LogP contribution in [0.15, 0.2) is 36.7 Å². The van der Waals surface area contributed by atoms with Gasteiger partial charge in [0, 0.05) is 28.1 Å². The minimum absolute atomic E-state index is 0.137. The minimum atomic E-state index is -3.03. The molecule has 0 spiro atoms. The van der Waals surface area contributed by atoms with Gasteiger partial charge in [-0.05, 0) is 48.6 Å². The first-order valence-corrected chi connectivity index (χ1v) is 9.18. The molecule has 0 unspecified atom stereocenters. The molecule has 0 saturated heterocycles. The number of nitrogens with zero attached hydrogens (tertiary/aromatic N) is 2. The van der Waals surface area contributed by atoms with Gasteiger partial charge in [-0.1, -0.05) is 12.1 Å². The lowest BCUT2D eigenvalue weighted by Gasteiger charge is -2.10. The van der Waals surface area contributed by atoms with Crippen molar-refractivity contribution in [2.45, 2.75) is 25.6 Å². The van der Waals surface area contributed by atoms with Crippen LogP contribution >= 0.6 is 22.6 Å². The number of benzene rings is 1. The molecule has 20 heavy (non-hydrogen) atoms. The van der Waals surface area contributed by atoms with Gasteiger partial charge in [0.15, 0.2) is 9.84 Å². The molecule has 0 N–H and O–H groups in total. The van der Waals surface area contributed by atoms with Crippen LogP contribution in [0, 0.1) is 3.57 Å². The van der Waals surface area contributed by atoms with Gasteiger partial charge in [-0.15, -0.1) is 0 Å². The first-order chi connectivity index (χ1) is 9.40. The van der Waals surface area contributed by atoms with Gasteiger partial charge in [0.05, 0.1) is 11.0 Å². The number of rotatable bonds is 5. The number of aryl methyl sites for hydroxylation is 1. The zero-order chi connectivity index (χ0) is 14.8. The number of imidazole rings is 1. The Labute approximate surface area is 133 Å². The number of sulfone groups is 1. The standard InChI is InChI=1S/C14H17IN2O2S/c1-11(2)20(18,19)9-8-17-7-6-16-14(17)12-4-3-5-13(15)10-12/h3-7,10-11H,8-9H2,1-2H3. The Kier molecular flexibility index (Phi) is 4.85. The number of hydrogen-bond donors (Lipinski definition) is 0. The highest BCUT2D eigenvalue weighted by Gasteiger charge is 2.17. The van der Waals surface area contributed by atoms with Crippen LogP contribution in [0.4, 0.5) is 0 Å². The first-order valence-electron chi connectivity index (χ1n) is 6.39. The molecule has 2 aromatic rings. The Morgan fingerprint density at radius 3 is 2.75 bits per heavy atom. The van der Waals surface area contributed by atoms with E-state index >= 15 is 0 Å². The molecule has 1 aromatic carbocycles. The summed E-state index contributed by atoms with van der Waals surface area (Å²) >= 11 is 2.25. The molecule has 0 radical (unpaired) electrons. The molecule has 0 aliphatic rings. The highest BCUT2D eigenvalue weighted by atomic mass is 127. The molecule has 0 amide bonds. The third-order valence-electron chi connectivity index (χ3n) is 3.13. The fraction of sp³-hybridized carbons (Fsp3) is 0.357. The molecule has 0 atom stereocenters. The van der Waals surface area contributed by atoms with Crippen molar-refractivity contribution in [1.29, 1.82) is 0 Å². The first kappa shape index (κ1) is 15.5. The highest BCUT2D eigenvalue weighted by molar-refractivity contribution is 14.1. The van der Waals surface area contributed by atoms with E-state index < -0.39 is 9.84 Å². The largest absolute Gasteiger partial charge is 0.330 e. The van der Waals surface area contributed by atoms with Gasteiger partial charge in [-0.2, -0.15) is 0 Å². The van der Waals surface area contributed by atoms with Crippen molar-refractivity contribution in [3.8, 4) is 11.4 Å². The fourth-order valence-electron chi connectivity index (χ4n) is 1.84. The Bertz CT molecular complexity index is 693. The predicted octanol–water partition coefficient (Wildman–Crippen LogP) is 2.98. The van der Waals surface area contributed by atoms with Crippen molar-refractivity contribution in [3.05, 3.63) is 40.2 Å². The molecule has 108 valence electrons. The summed E-state index contributed by atoms with van der Waals surface area (Å²) in [5.74, 6) is 0.945. The molecule has 4 nitrogen and oxygen atoms in total. The molecule has 1 aromatic heterocycles. The molecule has 0 saturated carbocycles. The molecule has 1 heterocycles. The topological polar surface area (TPSA) is 52.0 Å². The lowest BCUT2D eigenvalue weighted by atomic mass is 10.2. The second kappa shape index (κ2) is 6.26. The van der Waals surface area contributed by atoms with E-state index in [0.717, 1.165) is 15.0 Å². The van der Waals surface area contributed by atoms with E-state index in [0.29, 0.717) is 6.54 Å². The van der Waals surface area contributed by atoms with E-state index in [1.54, 1.807) is 20.0 Å². The quantitative estimate of drug-likeness (QED) is 0.721. The summed E-state index contributed by atoms with van der Waals surface area (Å²) in [6.45, 7) is 3.86. The Morgan fingerprint density at radius 2 is 2.10 bits per heavy atom. The second-order valence-corrected chi connectivity index (χ2v) is 8.79. The van der Waals surface area contributed by atoms with Crippen molar-refractivity contribution >= 4 is 32.4 Å². The summed E-state index contributed by atoms with van der Waals surface area (Å²) in [6, 6.07) is 8.01. The summed E-state index contributed by atoms with van der Waals surface area (Å²) in [6.07, 6.45) is 3.53. The number of halogens is 1. The summed E-state index contributed by atoms with van der Waals surface area (Å²) in [5, 5.41) is -0.341. The summed E-state index contributed by atoms with van der Waals surface area (Å²) in [5.41, 5.74) is 1.00. The van der Waals surface area contributed by atoms with Crippen LogP contribution in [0.2, 0.25) is 0 Å². The van der Waals surface area contributed by atoms with Crippen LogP contribution in [0.1, 0.15) is 13.8 Å². The van der Waals surface area contributed by atoms with Crippen LogP contribution in [-0.2, 0) is 16.4 Å². The summed E-state index contributed by atoms with van der Waals surface area (Å²) < 4.78 is 26.8. The van der Waals surface area contributed by atoms with E-state index in [4.69, 9.17) is 0 Å². The van der Waals surface area contributed by atoms with Crippen LogP contribution in [0.25, 0.3) is 11.4 Å². The monoisotopic (exact) mass is 404 g/mol. The Morgan fingerprint density at radius 1 is 1.35 bits per heavy atom. The van der Waals surface area contributed by atoms with Crippen LogP contribution < -0.4 is 0 Å². The Hall–Kier alpha value is -0.890. The van der Waals surface area contributed by atoms with Gasteiger partial charge in [0.25, 0.3) is 0 Å². The van der Waals surface area contributed by atoms with Crippen LogP contribution in [-0.4, -0.2) is 29.0 Å². The van der Waals surface area contributed by atoms with E-state index in [1.807, 2.05) is 35.0 Å². The van der Waals surface area contributed by atoms with Gasteiger partial charge < -0.3 is 4.57 Å². The molecular formula is C14H17IN2O2S. The lowest BCUT2D eigenvalue weighted by molar-refractivity contribution is 0.580. The third-order valence-corrected chi connectivity index (χ3v) is 5.99. The van der Waals surface area contributed by atoms with Crippen LogP contribution in [0.5, 0.6) is 0 Å². The average molecular weight is 404 g/mol. The predicted molar refractivity (Wildman–Crippen MR) is 89.3 cm³/mol. The zero-order valence-corrected chi connectivity index (χ0v) is 14.4. The van der Waals surface area contributed by atoms with E-state index in [1.165, 1.54) is 0 Å². The van der Waals surface area contributed by atoms with E-state index in [2.05, 4.69) is 27.6 Å². The molecule has 0 aliphatic carbocycles. The van der Waals surface area contributed by atoms with Crippen LogP contribution in [0.3, 0.4) is 0 Å². The molecule has 6 heteroatoms.